The minimum atomic E-state index is -1.09. The quantitative estimate of drug-likeness (QED) is 0.622. The number of phenolic OH excluding ortho intramolecular Hbond substituents is 1. The SMILES string of the molecule is COc1cc(/C=C2/SC(=Nc3cccc(O)c3)NC2=O)ccc1OC(C)C(=O)O. The monoisotopic (exact) mass is 414 g/mol. The summed E-state index contributed by atoms with van der Waals surface area (Å²) in [5.74, 6) is -0.657. The van der Waals surface area contributed by atoms with Gasteiger partial charge in [0, 0.05) is 6.07 Å². The number of phenols is 1. The minimum absolute atomic E-state index is 0.0866. The first kappa shape index (κ1) is 20.3. The maximum atomic E-state index is 12.2. The summed E-state index contributed by atoms with van der Waals surface area (Å²) in [5.41, 5.74) is 1.19. The van der Waals surface area contributed by atoms with Crippen LogP contribution in [0.3, 0.4) is 0 Å². The van der Waals surface area contributed by atoms with Gasteiger partial charge in [-0.1, -0.05) is 12.1 Å². The lowest BCUT2D eigenvalue weighted by atomic mass is 10.2. The summed E-state index contributed by atoms with van der Waals surface area (Å²) >= 11 is 1.17. The van der Waals surface area contributed by atoms with E-state index >= 15 is 0 Å². The highest BCUT2D eigenvalue weighted by molar-refractivity contribution is 8.18. The number of hydrogen-bond donors (Lipinski definition) is 3. The second kappa shape index (κ2) is 8.70. The molecule has 0 aromatic heterocycles. The number of aromatic hydroxyl groups is 1. The van der Waals surface area contributed by atoms with E-state index in [4.69, 9.17) is 14.6 Å². The van der Waals surface area contributed by atoms with Crippen molar-refractivity contribution in [1.29, 1.82) is 0 Å². The number of aliphatic carboxylic acids is 1. The molecule has 3 N–H and O–H groups in total. The Balaban J connectivity index is 1.80. The highest BCUT2D eigenvalue weighted by Gasteiger charge is 2.24. The number of methoxy groups -OCH3 is 1. The number of hydrogen-bond acceptors (Lipinski definition) is 7. The Morgan fingerprint density at radius 3 is 2.72 bits per heavy atom. The first-order valence-electron chi connectivity index (χ1n) is 8.52. The van der Waals surface area contributed by atoms with E-state index in [0.29, 0.717) is 32.8 Å². The average Bonchev–Trinajstić information content (AvgIpc) is 3.01. The third kappa shape index (κ3) is 5.08. The number of nitrogens with one attached hydrogen (secondary N) is 1. The fourth-order valence-electron chi connectivity index (χ4n) is 2.42. The molecule has 0 aliphatic carbocycles. The highest BCUT2D eigenvalue weighted by atomic mass is 32.2. The molecule has 1 atom stereocenters. The van der Waals surface area contributed by atoms with Crippen LogP contribution in [0, 0.1) is 0 Å². The van der Waals surface area contributed by atoms with Crippen LogP contribution < -0.4 is 14.8 Å². The van der Waals surface area contributed by atoms with E-state index in [1.807, 2.05) is 0 Å². The van der Waals surface area contributed by atoms with E-state index < -0.39 is 12.1 Å². The Labute approximate surface area is 170 Å². The summed E-state index contributed by atoms with van der Waals surface area (Å²) in [5, 5.41) is 21.6. The summed E-state index contributed by atoms with van der Waals surface area (Å²) in [7, 11) is 1.45. The van der Waals surface area contributed by atoms with Crippen LogP contribution in [0.15, 0.2) is 52.4 Å². The molecular formula is C20H18N2O6S. The molecule has 0 bridgehead atoms. The van der Waals surface area contributed by atoms with Crippen molar-refractivity contribution in [3.05, 3.63) is 52.9 Å². The number of thioether (sulfide) groups is 1. The van der Waals surface area contributed by atoms with Gasteiger partial charge in [-0.15, -0.1) is 0 Å². The molecular weight excluding hydrogens is 396 g/mol. The van der Waals surface area contributed by atoms with Crippen LogP contribution in [0.4, 0.5) is 5.69 Å². The van der Waals surface area contributed by atoms with Crippen LogP contribution in [-0.2, 0) is 9.59 Å². The first-order valence-corrected chi connectivity index (χ1v) is 9.33. The van der Waals surface area contributed by atoms with E-state index in [1.165, 1.54) is 37.9 Å². The summed E-state index contributed by atoms with van der Waals surface area (Å²) < 4.78 is 10.6. The van der Waals surface area contributed by atoms with Gasteiger partial charge in [0.1, 0.15) is 5.75 Å². The molecule has 150 valence electrons. The van der Waals surface area contributed by atoms with Crippen molar-refractivity contribution >= 4 is 40.6 Å². The van der Waals surface area contributed by atoms with Gasteiger partial charge in [-0.2, -0.15) is 0 Å². The van der Waals surface area contributed by atoms with Crippen LogP contribution in [-0.4, -0.2) is 40.5 Å². The number of carbonyl (C=O) groups excluding carboxylic acids is 1. The van der Waals surface area contributed by atoms with Gasteiger partial charge < -0.3 is 25.0 Å². The molecule has 0 spiro atoms. The van der Waals surface area contributed by atoms with Crippen molar-refractivity contribution < 1.29 is 29.3 Å². The Kier molecular flexibility index (Phi) is 6.08. The maximum Gasteiger partial charge on any atom is 0.344 e. The number of aliphatic imine (C=N–C) groups is 1. The molecule has 2 aromatic rings. The van der Waals surface area contributed by atoms with E-state index in [0.717, 1.165) is 0 Å². The van der Waals surface area contributed by atoms with E-state index in [9.17, 15) is 14.7 Å². The Hall–Kier alpha value is -3.46. The first-order chi connectivity index (χ1) is 13.9. The molecule has 1 unspecified atom stereocenters. The predicted molar refractivity (Wildman–Crippen MR) is 110 cm³/mol. The maximum absolute atomic E-state index is 12.2. The zero-order valence-electron chi connectivity index (χ0n) is 15.6. The minimum Gasteiger partial charge on any atom is -0.508 e. The van der Waals surface area contributed by atoms with Crippen molar-refractivity contribution in [2.24, 2.45) is 4.99 Å². The smallest absolute Gasteiger partial charge is 0.344 e. The molecule has 1 amide bonds. The van der Waals surface area contributed by atoms with Gasteiger partial charge in [-0.3, -0.25) is 4.79 Å². The molecule has 1 saturated heterocycles. The molecule has 0 radical (unpaired) electrons. The molecule has 3 rings (SSSR count). The number of amides is 1. The second-order valence-electron chi connectivity index (χ2n) is 6.01. The number of amidine groups is 1. The topological polar surface area (TPSA) is 117 Å². The molecule has 29 heavy (non-hydrogen) atoms. The van der Waals surface area contributed by atoms with Gasteiger partial charge in [-0.05, 0) is 54.6 Å². The lowest BCUT2D eigenvalue weighted by Crippen LogP contribution is -2.23. The fraction of sp³-hybridized carbons (Fsp3) is 0.150. The average molecular weight is 414 g/mol. The summed E-state index contributed by atoms with van der Waals surface area (Å²) in [6.45, 7) is 1.42. The molecule has 8 nitrogen and oxygen atoms in total. The van der Waals surface area contributed by atoms with Crippen molar-refractivity contribution in [1.82, 2.24) is 5.32 Å². The molecule has 1 fully saturated rings. The van der Waals surface area contributed by atoms with Crippen molar-refractivity contribution in [3.63, 3.8) is 0 Å². The summed E-state index contributed by atoms with van der Waals surface area (Å²) in [4.78, 5) is 27.9. The van der Waals surface area contributed by atoms with Crippen molar-refractivity contribution in [2.45, 2.75) is 13.0 Å². The zero-order chi connectivity index (χ0) is 21.0. The third-order valence-corrected chi connectivity index (χ3v) is 4.76. The zero-order valence-corrected chi connectivity index (χ0v) is 16.4. The molecule has 2 aromatic carbocycles. The number of nitrogens with zero attached hydrogens (tertiary/aromatic N) is 1. The van der Waals surface area contributed by atoms with Crippen LogP contribution in [0.1, 0.15) is 12.5 Å². The Morgan fingerprint density at radius 2 is 2.03 bits per heavy atom. The lowest BCUT2D eigenvalue weighted by Gasteiger charge is -2.14. The van der Waals surface area contributed by atoms with Gasteiger partial charge >= 0.3 is 5.97 Å². The Morgan fingerprint density at radius 1 is 1.24 bits per heavy atom. The summed E-state index contributed by atoms with van der Waals surface area (Å²) in [6, 6.07) is 11.3. The highest BCUT2D eigenvalue weighted by Crippen LogP contribution is 2.33. The number of carbonyl (C=O) groups is 2. The molecule has 0 saturated carbocycles. The molecule has 1 heterocycles. The van der Waals surface area contributed by atoms with Crippen LogP contribution in [0.5, 0.6) is 17.2 Å². The third-order valence-electron chi connectivity index (χ3n) is 3.85. The van der Waals surface area contributed by atoms with Gasteiger partial charge in [0.25, 0.3) is 5.91 Å². The largest absolute Gasteiger partial charge is 0.508 e. The number of ether oxygens (including phenoxy) is 2. The van der Waals surface area contributed by atoms with Crippen molar-refractivity contribution in [3.8, 4) is 17.2 Å². The van der Waals surface area contributed by atoms with Gasteiger partial charge in [0.05, 0.1) is 17.7 Å². The van der Waals surface area contributed by atoms with E-state index in [2.05, 4.69) is 10.3 Å². The van der Waals surface area contributed by atoms with Gasteiger partial charge in [0.15, 0.2) is 22.8 Å². The predicted octanol–water partition coefficient (Wildman–Crippen LogP) is 3.14. The van der Waals surface area contributed by atoms with Crippen molar-refractivity contribution in [2.75, 3.05) is 7.11 Å². The van der Waals surface area contributed by atoms with E-state index in [-0.39, 0.29) is 11.7 Å². The molecule has 1 aliphatic heterocycles. The number of rotatable bonds is 6. The van der Waals surface area contributed by atoms with E-state index in [1.54, 1.807) is 36.4 Å². The fourth-order valence-corrected chi connectivity index (χ4v) is 3.27. The number of benzene rings is 2. The standard InChI is InChI=1S/C20H18N2O6S/c1-11(19(25)26)28-15-7-6-12(8-16(15)27-2)9-17-18(24)22-20(29-17)21-13-4-3-5-14(23)10-13/h3-11,23H,1-2H3,(H,25,26)(H,21,22,24)/b17-9+. The van der Waals surface area contributed by atoms with Gasteiger partial charge in [0.2, 0.25) is 0 Å². The van der Waals surface area contributed by atoms with Crippen LogP contribution in [0.25, 0.3) is 6.08 Å². The Bertz CT molecular complexity index is 1020. The number of carboxylic acid groups (broad SMARTS) is 1. The molecule has 1 aliphatic rings. The normalized spacial score (nSPS) is 17.2. The van der Waals surface area contributed by atoms with Crippen LogP contribution in [0.2, 0.25) is 0 Å². The lowest BCUT2D eigenvalue weighted by molar-refractivity contribution is -0.144. The number of carboxylic acids is 1. The van der Waals surface area contributed by atoms with Gasteiger partial charge in [-0.25, -0.2) is 9.79 Å². The second-order valence-corrected chi connectivity index (χ2v) is 7.04. The summed E-state index contributed by atoms with van der Waals surface area (Å²) in [6.07, 6.45) is 0.637. The molecule has 9 heteroatoms. The van der Waals surface area contributed by atoms with Crippen LogP contribution >= 0.6 is 11.8 Å².